The van der Waals surface area contributed by atoms with Crippen LogP contribution < -0.4 is 16.1 Å². The number of hydroxylamine groups is 1. The second kappa shape index (κ2) is 11.4. The average Bonchev–Trinajstić information content (AvgIpc) is 2.60. The first-order valence-electron chi connectivity index (χ1n) is 8.20. The minimum Gasteiger partial charge on any atom is -0.354 e. The van der Waals surface area contributed by atoms with E-state index in [0.29, 0.717) is 11.6 Å². The quantitative estimate of drug-likeness (QED) is 0.285. The van der Waals surface area contributed by atoms with E-state index in [1.165, 1.54) is 5.48 Å². The predicted octanol–water partition coefficient (Wildman–Crippen LogP) is 1.57. The van der Waals surface area contributed by atoms with Crippen molar-refractivity contribution in [2.45, 2.75) is 45.1 Å². The smallest absolute Gasteiger partial charge is 0.243 e. The number of hydrogen-bond donors (Lipinski definition) is 4. The van der Waals surface area contributed by atoms with E-state index in [1.54, 1.807) is 24.3 Å². The van der Waals surface area contributed by atoms with Gasteiger partial charge in [-0.2, -0.15) is 0 Å². The number of hydrogen-bond acceptors (Lipinski definition) is 4. The van der Waals surface area contributed by atoms with Gasteiger partial charge in [-0.05, 0) is 30.5 Å². The number of rotatable bonds is 10. The first-order valence-corrected chi connectivity index (χ1v) is 8.58. The van der Waals surface area contributed by atoms with Crippen molar-refractivity contribution >= 4 is 29.3 Å². The van der Waals surface area contributed by atoms with Crippen LogP contribution in [-0.4, -0.2) is 35.5 Å². The molecule has 138 valence electrons. The maximum Gasteiger partial charge on any atom is 0.243 e. The lowest BCUT2D eigenvalue weighted by molar-refractivity contribution is -0.131. The Balaban J connectivity index is 2.62. The normalized spacial score (nSPS) is 11.5. The Morgan fingerprint density at radius 3 is 2.44 bits per heavy atom. The fourth-order valence-corrected chi connectivity index (χ4v) is 2.27. The maximum absolute atomic E-state index is 12.2. The van der Waals surface area contributed by atoms with Crippen LogP contribution in [-0.2, 0) is 20.8 Å². The Hall–Kier alpha value is -2.12. The maximum atomic E-state index is 12.2. The van der Waals surface area contributed by atoms with Crippen LogP contribution in [0.1, 0.15) is 38.2 Å². The Morgan fingerprint density at radius 2 is 1.84 bits per heavy atom. The van der Waals surface area contributed by atoms with E-state index in [4.69, 9.17) is 16.8 Å². The summed E-state index contributed by atoms with van der Waals surface area (Å²) >= 11 is 5.81. The Bertz CT molecular complexity index is 578. The number of carbonyl (C=O) groups excluding carboxylic acids is 3. The molecule has 1 aromatic rings. The average molecular weight is 370 g/mol. The molecule has 3 amide bonds. The summed E-state index contributed by atoms with van der Waals surface area (Å²) in [5, 5.41) is 14.5. The highest BCUT2D eigenvalue weighted by atomic mass is 35.5. The molecule has 0 aliphatic rings. The van der Waals surface area contributed by atoms with Crippen molar-refractivity contribution < 1.29 is 19.6 Å². The molecule has 0 fully saturated rings. The summed E-state index contributed by atoms with van der Waals surface area (Å²) < 4.78 is 0. The highest BCUT2D eigenvalue weighted by Crippen LogP contribution is 2.10. The molecule has 0 spiro atoms. The number of unbranched alkanes of at least 4 members (excludes halogenated alkanes) is 1. The molecule has 25 heavy (non-hydrogen) atoms. The molecule has 1 rings (SSSR count). The van der Waals surface area contributed by atoms with E-state index in [2.05, 4.69) is 10.6 Å². The van der Waals surface area contributed by atoms with Crippen molar-refractivity contribution in [2.24, 2.45) is 0 Å². The lowest BCUT2D eigenvalue weighted by atomic mass is 10.1. The molecule has 7 nitrogen and oxygen atoms in total. The topological polar surface area (TPSA) is 108 Å². The first kappa shape index (κ1) is 20.9. The lowest BCUT2D eigenvalue weighted by Gasteiger charge is -2.18. The van der Waals surface area contributed by atoms with Crippen molar-refractivity contribution in [3.8, 4) is 0 Å². The van der Waals surface area contributed by atoms with Crippen LogP contribution in [0.25, 0.3) is 0 Å². The van der Waals surface area contributed by atoms with Crippen molar-refractivity contribution in [2.75, 3.05) is 6.54 Å². The van der Waals surface area contributed by atoms with Gasteiger partial charge >= 0.3 is 0 Å². The van der Waals surface area contributed by atoms with Gasteiger partial charge in [-0.25, -0.2) is 5.48 Å². The molecule has 1 aromatic carbocycles. The van der Waals surface area contributed by atoms with Gasteiger partial charge in [-0.3, -0.25) is 19.6 Å². The Labute approximate surface area is 152 Å². The molecule has 0 bridgehead atoms. The fraction of sp³-hybridized carbons (Fsp3) is 0.471. The van der Waals surface area contributed by atoms with E-state index in [9.17, 15) is 14.4 Å². The van der Waals surface area contributed by atoms with Gasteiger partial charge in [0.05, 0.1) is 6.42 Å². The van der Waals surface area contributed by atoms with Gasteiger partial charge in [0.2, 0.25) is 17.7 Å². The van der Waals surface area contributed by atoms with E-state index in [0.717, 1.165) is 18.4 Å². The molecule has 0 aliphatic carbocycles. The van der Waals surface area contributed by atoms with Gasteiger partial charge in [0.1, 0.15) is 6.04 Å². The number of carbonyl (C=O) groups is 3. The van der Waals surface area contributed by atoms with Crippen LogP contribution >= 0.6 is 11.6 Å². The zero-order chi connectivity index (χ0) is 18.7. The van der Waals surface area contributed by atoms with Crippen molar-refractivity contribution in [1.29, 1.82) is 0 Å². The number of nitrogens with one attached hydrogen (secondary N) is 3. The van der Waals surface area contributed by atoms with Gasteiger partial charge in [-0.15, -0.1) is 0 Å². The third kappa shape index (κ3) is 8.51. The van der Waals surface area contributed by atoms with Crippen LogP contribution in [0.5, 0.6) is 0 Å². The molecular formula is C17H24ClN3O4. The molecule has 0 heterocycles. The standard InChI is InChI=1S/C17H24ClN3O4/c1-2-3-10-19-17(24)14(8-9-15(22)21-25)20-16(23)11-12-4-6-13(18)7-5-12/h4-7,14,25H,2-3,8-11H2,1H3,(H,19,24)(H,20,23)(H,21,22)/t14-/m0/s1. The molecular weight excluding hydrogens is 346 g/mol. The molecule has 1 atom stereocenters. The fourth-order valence-electron chi connectivity index (χ4n) is 2.14. The summed E-state index contributed by atoms with van der Waals surface area (Å²) in [5.41, 5.74) is 2.28. The van der Waals surface area contributed by atoms with E-state index >= 15 is 0 Å². The molecule has 0 radical (unpaired) electrons. The van der Waals surface area contributed by atoms with Crippen LogP contribution in [0, 0.1) is 0 Å². The molecule has 0 aromatic heterocycles. The van der Waals surface area contributed by atoms with E-state index < -0.39 is 11.9 Å². The van der Waals surface area contributed by atoms with Gasteiger partial charge in [-0.1, -0.05) is 37.1 Å². The molecule has 0 saturated carbocycles. The minimum absolute atomic E-state index is 0.0798. The Kier molecular flexibility index (Phi) is 9.57. The molecule has 8 heteroatoms. The van der Waals surface area contributed by atoms with Crippen LogP contribution in [0.3, 0.4) is 0 Å². The third-order valence-corrected chi connectivity index (χ3v) is 3.80. The summed E-state index contributed by atoms with van der Waals surface area (Å²) in [6.45, 7) is 2.51. The zero-order valence-electron chi connectivity index (χ0n) is 14.2. The minimum atomic E-state index is -0.839. The number of benzene rings is 1. The SMILES string of the molecule is CCCCNC(=O)[C@H](CCC(=O)NO)NC(=O)Cc1ccc(Cl)cc1. The van der Waals surface area contributed by atoms with Gasteiger partial charge in [0, 0.05) is 18.0 Å². The van der Waals surface area contributed by atoms with Crippen LogP contribution in [0.2, 0.25) is 5.02 Å². The molecule has 0 unspecified atom stereocenters. The largest absolute Gasteiger partial charge is 0.354 e. The summed E-state index contributed by atoms with van der Waals surface area (Å²) in [7, 11) is 0. The van der Waals surface area contributed by atoms with Crippen LogP contribution in [0.4, 0.5) is 0 Å². The summed E-state index contributed by atoms with van der Waals surface area (Å²) in [5.74, 6) is -1.29. The van der Waals surface area contributed by atoms with E-state index in [-0.39, 0.29) is 31.1 Å². The van der Waals surface area contributed by atoms with Crippen molar-refractivity contribution in [3.05, 3.63) is 34.9 Å². The summed E-state index contributed by atoms with van der Waals surface area (Å²) in [6.07, 6.45) is 1.87. The molecule has 0 aliphatic heterocycles. The molecule has 4 N–H and O–H groups in total. The first-order chi connectivity index (χ1) is 12.0. The second-order valence-corrected chi connectivity index (χ2v) is 6.08. The monoisotopic (exact) mass is 369 g/mol. The lowest BCUT2D eigenvalue weighted by Crippen LogP contribution is -2.47. The number of halogens is 1. The highest BCUT2D eigenvalue weighted by molar-refractivity contribution is 6.30. The van der Waals surface area contributed by atoms with Crippen LogP contribution in [0.15, 0.2) is 24.3 Å². The predicted molar refractivity (Wildman–Crippen MR) is 94.2 cm³/mol. The van der Waals surface area contributed by atoms with Crippen molar-refractivity contribution in [1.82, 2.24) is 16.1 Å². The van der Waals surface area contributed by atoms with Crippen molar-refractivity contribution in [3.63, 3.8) is 0 Å². The van der Waals surface area contributed by atoms with Gasteiger partial charge in [0.15, 0.2) is 0 Å². The zero-order valence-corrected chi connectivity index (χ0v) is 14.9. The van der Waals surface area contributed by atoms with Gasteiger partial charge < -0.3 is 10.6 Å². The second-order valence-electron chi connectivity index (χ2n) is 5.64. The third-order valence-electron chi connectivity index (χ3n) is 3.54. The Morgan fingerprint density at radius 1 is 1.16 bits per heavy atom. The summed E-state index contributed by atoms with van der Waals surface area (Å²) in [4.78, 5) is 35.6. The summed E-state index contributed by atoms with van der Waals surface area (Å²) in [6, 6.07) is 6.00. The van der Waals surface area contributed by atoms with Gasteiger partial charge in [0.25, 0.3) is 0 Å². The number of amides is 3. The molecule has 0 saturated heterocycles. The highest BCUT2D eigenvalue weighted by Gasteiger charge is 2.21. The van der Waals surface area contributed by atoms with E-state index in [1.807, 2.05) is 6.92 Å².